The Balaban J connectivity index is 1.65. The van der Waals surface area contributed by atoms with E-state index in [2.05, 4.69) is 10.4 Å². The summed E-state index contributed by atoms with van der Waals surface area (Å²) >= 11 is 0. The standard InChI is InChI=1S/C16H19N5O6S/c1-12-10-15(21(23)24)18-20(12)11-16(22)17-13-2-4-14(5-3-13)28(25,26)19-6-8-27-9-7-19/h2-5,10H,6-9,11H2,1H3,(H,17,22). The lowest BCUT2D eigenvalue weighted by molar-refractivity contribution is -0.389. The van der Waals surface area contributed by atoms with Crippen LogP contribution >= 0.6 is 0 Å². The van der Waals surface area contributed by atoms with Crippen LogP contribution < -0.4 is 5.32 Å². The number of aromatic nitrogens is 2. The number of nitro groups is 1. The lowest BCUT2D eigenvalue weighted by atomic mass is 10.3. The van der Waals surface area contributed by atoms with Crippen LogP contribution in [0.3, 0.4) is 0 Å². The highest BCUT2D eigenvalue weighted by Gasteiger charge is 2.26. The number of amides is 1. The first-order valence-corrected chi connectivity index (χ1v) is 9.88. The molecular formula is C16H19N5O6S. The fraction of sp³-hybridized carbons (Fsp3) is 0.375. The topological polar surface area (TPSA) is 137 Å². The van der Waals surface area contributed by atoms with Gasteiger partial charge in [-0.15, -0.1) is 0 Å². The van der Waals surface area contributed by atoms with Crippen molar-refractivity contribution in [1.82, 2.24) is 14.1 Å². The number of rotatable bonds is 6. The Kier molecular flexibility index (Phi) is 5.72. The molecule has 1 aromatic carbocycles. The first kappa shape index (κ1) is 19.9. The van der Waals surface area contributed by atoms with Gasteiger partial charge in [0.2, 0.25) is 15.9 Å². The molecular weight excluding hydrogens is 390 g/mol. The second-order valence-corrected chi connectivity index (χ2v) is 8.09. The summed E-state index contributed by atoms with van der Waals surface area (Å²) in [5.74, 6) is -0.771. The van der Waals surface area contributed by atoms with Crippen LogP contribution in [-0.4, -0.2) is 59.6 Å². The van der Waals surface area contributed by atoms with Crippen molar-refractivity contribution < 1.29 is 22.9 Å². The number of sulfonamides is 1. The van der Waals surface area contributed by atoms with Gasteiger partial charge in [0, 0.05) is 18.8 Å². The van der Waals surface area contributed by atoms with Crippen LogP contribution in [-0.2, 0) is 26.1 Å². The summed E-state index contributed by atoms with van der Waals surface area (Å²) < 4.78 is 32.9. The van der Waals surface area contributed by atoms with Gasteiger partial charge >= 0.3 is 5.82 Å². The molecule has 1 fully saturated rings. The monoisotopic (exact) mass is 409 g/mol. The van der Waals surface area contributed by atoms with Gasteiger partial charge in [0.25, 0.3) is 0 Å². The number of anilines is 1. The first-order valence-electron chi connectivity index (χ1n) is 8.44. The zero-order chi connectivity index (χ0) is 20.3. The Morgan fingerprint density at radius 2 is 1.93 bits per heavy atom. The van der Waals surface area contributed by atoms with Crippen LogP contribution in [0.25, 0.3) is 0 Å². The van der Waals surface area contributed by atoms with Crippen molar-refractivity contribution in [3.8, 4) is 0 Å². The van der Waals surface area contributed by atoms with E-state index in [0.29, 0.717) is 37.7 Å². The Morgan fingerprint density at radius 3 is 2.50 bits per heavy atom. The van der Waals surface area contributed by atoms with Gasteiger partial charge in [-0.2, -0.15) is 8.99 Å². The summed E-state index contributed by atoms with van der Waals surface area (Å²) in [5.41, 5.74) is 0.888. The molecule has 0 radical (unpaired) electrons. The molecule has 0 atom stereocenters. The van der Waals surface area contributed by atoms with E-state index in [9.17, 15) is 23.3 Å². The number of carbonyl (C=O) groups is 1. The maximum atomic E-state index is 12.6. The average molecular weight is 409 g/mol. The minimum atomic E-state index is -3.60. The molecule has 0 saturated carbocycles. The molecule has 1 saturated heterocycles. The van der Waals surface area contributed by atoms with E-state index in [-0.39, 0.29) is 17.3 Å². The van der Waals surface area contributed by atoms with Crippen molar-refractivity contribution in [1.29, 1.82) is 0 Å². The van der Waals surface area contributed by atoms with Crippen LogP contribution in [0.15, 0.2) is 35.2 Å². The van der Waals surface area contributed by atoms with Gasteiger partial charge in [0.1, 0.15) is 6.54 Å². The number of nitrogens with one attached hydrogen (secondary N) is 1. The zero-order valence-electron chi connectivity index (χ0n) is 15.1. The fourth-order valence-electron chi connectivity index (χ4n) is 2.72. The summed E-state index contributed by atoms with van der Waals surface area (Å²) in [7, 11) is -3.60. The molecule has 11 nitrogen and oxygen atoms in total. The van der Waals surface area contributed by atoms with Crippen LogP contribution in [0, 0.1) is 17.0 Å². The van der Waals surface area contributed by atoms with Crippen molar-refractivity contribution >= 4 is 27.4 Å². The Bertz CT molecular complexity index is 979. The SMILES string of the molecule is Cc1cc([N+](=O)[O-])nn1CC(=O)Nc1ccc(S(=O)(=O)N2CCOCC2)cc1. The number of hydrogen-bond donors (Lipinski definition) is 1. The molecule has 0 unspecified atom stereocenters. The summed E-state index contributed by atoms with van der Waals surface area (Å²) in [6.07, 6.45) is 0. The molecule has 3 rings (SSSR count). The third-order valence-corrected chi connectivity index (χ3v) is 6.11. The molecule has 1 aromatic heterocycles. The minimum absolute atomic E-state index is 0.131. The van der Waals surface area contributed by atoms with Crippen molar-refractivity contribution in [2.75, 3.05) is 31.6 Å². The van der Waals surface area contributed by atoms with E-state index < -0.39 is 20.9 Å². The van der Waals surface area contributed by atoms with Gasteiger partial charge in [-0.1, -0.05) is 0 Å². The van der Waals surface area contributed by atoms with Crippen LogP contribution in [0.5, 0.6) is 0 Å². The predicted octanol–water partition coefficient (Wildman–Crippen LogP) is 0.759. The molecule has 1 aliphatic heterocycles. The molecule has 1 N–H and O–H groups in total. The number of aryl methyl sites for hydroxylation is 1. The quantitative estimate of drug-likeness (QED) is 0.549. The van der Waals surface area contributed by atoms with Crippen molar-refractivity contribution in [2.24, 2.45) is 0 Å². The highest BCUT2D eigenvalue weighted by atomic mass is 32.2. The maximum absolute atomic E-state index is 12.6. The van der Waals surface area contributed by atoms with Crippen LogP contribution in [0.2, 0.25) is 0 Å². The van der Waals surface area contributed by atoms with E-state index in [1.165, 1.54) is 39.3 Å². The second kappa shape index (κ2) is 8.04. The summed E-state index contributed by atoms with van der Waals surface area (Å²) in [6.45, 7) is 2.73. The van der Waals surface area contributed by atoms with E-state index in [1.54, 1.807) is 6.92 Å². The van der Waals surface area contributed by atoms with Crippen LogP contribution in [0.4, 0.5) is 11.5 Å². The van der Waals surface area contributed by atoms with Gasteiger partial charge in [0.05, 0.1) is 35.0 Å². The molecule has 2 aromatic rings. The largest absolute Gasteiger partial charge is 0.390 e. The zero-order valence-corrected chi connectivity index (χ0v) is 15.9. The van der Waals surface area contributed by atoms with Crippen molar-refractivity contribution in [3.63, 3.8) is 0 Å². The number of hydrogen-bond acceptors (Lipinski definition) is 7. The summed E-state index contributed by atoms with van der Waals surface area (Å²) in [4.78, 5) is 22.4. The maximum Gasteiger partial charge on any atom is 0.390 e. The van der Waals surface area contributed by atoms with Gasteiger partial charge in [-0.3, -0.25) is 4.79 Å². The number of morpholine rings is 1. The van der Waals surface area contributed by atoms with Crippen LogP contribution in [0.1, 0.15) is 5.69 Å². The van der Waals surface area contributed by atoms with Gasteiger partial charge in [-0.05, 0) is 36.1 Å². The molecule has 0 aliphatic carbocycles. The molecule has 28 heavy (non-hydrogen) atoms. The smallest absolute Gasteiger partial charge is 0.379 e. The number of nitrogens with zero attached hydrogens (tertiary/aromatic N) is 4. The number of carbonyl (C=O) groups excluding carboxylic acids is 1. The average Bonchev–Trinajstić information content (AvgIpc) is 3.03. The Morgan fingerprint density at radius 1 is 1.29 bits per heavy atom. The van der Waals surface area contributed by atoms with Crippen molar-refractivity contribution in [2.45, 2.75) is 18.4 Å². The Hall–Kier alpha value is -2.83. The van der Waals surface area contributed by atoms with Crippen molar-refractivity contribution in [3.05, 3.63) is 46.1 Å². The molecule has 1 aliphatic rings. The highest BCUT2D eigenvalue weighted by Crippen LogP contribution is 2.19. The molecule has 1 amide bonds. The van der Waals surface area contributed by atoms with Gasteiger partial charge in [0.15, 0.2) is 0 Å². The third kappa shape index (κ3) is 4.35. The predicted molar refractivity (Wildman–Crippen MR) is 98.3 cm³/mol. The third-order valence-electron chi connectivity index (χ3n) is 4.19. The first-order chi connectivity index (χ1) is 13.3. The summed E-state index contributed by atoms with van der Waals surface area (Å²) in [6, 6.07) is 7.10. The van der Waals surface area contributed by atoms with E-state index in [1.807, 2.05) is 0 Å². The lowest BCUT2D eigenvalue weighted by Crippen LogP contribution is -2.40. The lowest BCUT2D eigenvalue weighted by Gasteiger charge is -2.26. The number of benzene rings is 1. The second-order valence-electron chi connectivity index (χ2n) is 6.15. The molecule has 150 valence electrons. The normalized spacial score (nSPS) is 15.3. The van der Waals surface area contributed by atoms with Gasteiger partial charge < -0.3 is 20.2 Å². The Labute approximate surface area is 161 Å². The van der Waals surface area contributed by atoms with Gasteiger partial charge in [-0.25, -0.2) is 8.42 Å². The highest BCUT2D eigenvalue weighted by molar-refractivity contribution is 7.89. The molecule has 0 spiro atoms. The van der Waals surface area contributed by atoms with E-state index >= 15 is 0 Å². The summed E-state index contributed by atoms with van der Waals surface area (Å²) in [5, 5.41) is 17.1. The molecule has 12 heteroatoms. The number of ether oxygens (including phenoxy) is 1. The molecule has 0 bridgehead atoms. The fourth-order valence-corrected chi connectivity index (χ4v) is 4.13. The van der Waals surface area contributed by atoms with E-state index in [0.717, 1.165) is 0 Å². The minimum Gasteiger partial charge on any atom is -0.379 e. The molecule has 2 heterocycles. The van der Waals surface area contributed by atoms with E-state index in [4.69, 9.17) is 4.74 Å².